The van der Waals surface area contributed by atoms with Gasteiger partial charge >= 0.3 is 0 Å². The number of hydrogen-bond acceptors (Lipinski definition) is 4. The van der Waals surface area contributed by atoms with Gasteiger partial charge in [-0.3, -0.25) is 4.79 Å². The number of aromatic hydroxyl groups is 1. The van der Waals surface area contributed by atoms with E-state index in [9.17, 15) is 15.1 Å². The second-order valence-electron chi connectivity index (χ2n) is 6.08. The summed E-state index contributed by atoms with van der Waals surface area (Å²) in [6, 6.07) is 20.4. The van der Waals surface area contributed by atoms with Crippen LogP contribution in [-0.4, -0.2) is 20.0 Å². The third-order valence-corrected chi connectivity index (χ3v) is 4.34. The molecule has 2 aromatic carbocycles. The summed E-state index contributed by atoms with van der Waals surface area (Å²) in [4.78, 5) is 16.7. The molecule has 26 heavy (non-hydrogen) atoms. The van der Waals surface area contributed by atoms with E-state index < -0.39 is 5.56 Å². The predicted octanol–water partition coefficient (Wildman–Crippen LogP) is 3.60. The molecule has 2 heterocycles. The average molecular weight is 344 g/mol. The van der Waals surface area contributed by atoms with E-state index in [4.69, 9.17) is 0 Å². The number of fused-ring (bicyclic) bond motifs is 1. The van der Waals surface area contributed by atoms with Crippen LogP contribution in [0.25, 0.3) is 22.2 Å². The minimum Gasteiger partial charge on any atom is -0.506 e. The molecule has 0 atom stereocenters. The highest BCUT2D eigenvalue weighted by Crippen LogP contribution is 2.32. The molecule has 2 N–H and O–H groups in total. The zero-order valence-corrected chi connectivity index (χ0v) is 13.8. The van der Waals surface area contributed by atoms with Gasteiger partial charge in [0.2, 0.25) is 0 Å². The summed E-state index contributed by atoms with van der Waals surface area (Å²) in [5, 5.41) is 21.3. The molecule has 0 saturated heterocycles. The van der Waals surface area contributed by atoms with Crippen LogP contribution in [0.4, 0.5) is 0 Å². The van der Waals surface area contributed by atoms with Gasteiger partial charge in [-0.05, 0) is 29.2 Å². The Morgan fingerprint density at radius 2 is 1.58 bits per heavy atom. The number of aromatic nitrogens is 2. The average Bonchev–Trinajstić information content (AvgIpc) is 2.68. The maximum Gasteiger partial charge on any atom is 0.296 e. The molecule has 2 aromatic heterocycles. The Morgan fingerprint density at radius 1 is 0.923 bits per heavy atom. The molecular weight excluding hydrogens is 328 g/mol. The predicted molar refractivity (Wildman–Crippen MR) is 99.5 cm³/mol. The van der Waals surface area contributed by atoms with Crippen LogP contribution in [-0.2, 0) is 6.42 Å². The van der Waals surface area contributed by atoms with E-state index in [0.29, 0.717) is 22.1 Å². The van der Waals surface area contributed by atoms with Gasteiger partial charge in [-0.25, -0.2) is 4.98 Å². The van der Waals surface area contributed by atoms with Gasteiger partial charge in [0.25, 0.3) is 5.56 Å². The van der Waals surface area contributed by atoms with E-state index in [1.165, 1.54) is 0 Å². The van der Waals surface area contributed by atoms with Crippen molar-refractivity contribution in [2.24, 2.45) is 0 Å². The fourth-order valence-electron chi connectivity index (χ4n) is 3.08. The first kappa shape index (κ1) is 15.9. The van der Waals surface area contributed by atoms with Crippen LogP contribution in [0.15, 0.2) is 77.7 Å². The SMILES string of the molecule is O=c1c(-c2ccccc2)c(O)c2cc(Cc3ccccc3)cnc2n1O. The largest absolute Gasteiger partial charge is 0.506 e. The van der Waals surface area contributed by atoms with Gasteiger partial charge < -0.3 is 10.3 Å². The molecular formula is C21H16N2O3. The third kappa shape index (κ3) is 2.69. The molecule has 4 rings (SSSR count). The Morgan fingerprint density at radius 3 is 2.27 bits per heavy atom. The quantitative estimate of drug-likeness (QED) is 0.557. The van der Waals surface area contributed by atoms with Gasteiger partial charge in [-0.2, -0.15) is 0 Å². The van der Waals surface area contributed by atoms with Gasteiger partial charge in [-0.15, -0.1) is 4.73 Å². The maximum atomic E-state index is 12.5. The molecule has 0 unspecified atom stereocenters. The first-order chi connectivity index (χ1) is 12.6. The molecule has 5 nitrogen and oxygen atoms in total. The molecule has 0 spiro atoms. The van der Waals surface area contributed by atoms with E-state index >= 15 is 0 Å². The first-order valence-corrected chi connectivity index (χ1v) is 8.20. The van der Waals surface area contributed by atoms with E-state index in [-0.39, 0.29) is 17.0 Å². The molecule has 0 aliphatic heterocycles. The third-order valence-electron chi connectivity index (χ3n) is 4.34. The molecule has 4 aromatic rings. The van der Waals surface area contributed by atoms with Crippen molar-refractivity contribution in [3.8, 4) is 16.9 Å². The number of pyridine rings is 2. The van der Waals surface area contributed by atoms with E-state index in [1.807, 2.05) is 36.4 Å². The molecule has 0 aliphatic carbocycles. The van der Waals surface area contributed by atoms with Crippen LogP contribution in [0, 0.1) is 0 Å². The Hall–Kier alpha value is -3.60. The zero-order valence-electron chi connectivity index (χ0n) is 13.8. The Bertz CT molecular complexity index is 1140. The van der Waals surface area contributed by atoms with Crippen molar-refractivity contribution in [3.05, 3.63) is 94.4 Å². The Kier molecular flexibility index (Phi) is 3.89. The van der Waals surface area contributed by atoms with Gasteiger partial charge in [0.05, 0.1) is 10.9 Å². The van der Waals surface area contributed by atoms with Crippen molar-refractivity contribution < 1.29 is 10.3 Å². The minimum atomic E-state index is -0.704. The second kappa shape index (κ2) is 6.37. The van der Waals surface area contributed by atoms with E-state index in [0.717, 1.165) is 11.1 Å². The molecule has 5 heteroatoms. The van der Waals surface area contributed by atoms with Crippen LogP contribution in [0.1, 0.15) is 11.1 Å². The molecule has 0 saturated carbocycles. The number of hydrogen-bond donors (Lipinski definition) is 2. The fraction of sp³-hybridized carbons (Fsp3) is 0.0476. The topological polar surface area (TPSA) is 75.3 Å². The highest BCUT2D eigenvalue weighted by Gasteiger charge is 2.18. The highest BCUT2D eigenvalue weighted by molar-refractivity contribution is 5.90. The van der Waals surface area contributed by atoms with Crippen LogP contribution in [0.5, 0.6) is 5.75 Å². The number of nitrogens with zero attached hydrogens (tertiary/aromatic N) is 2. The lowest BCUT2D eigenvalue weighted by Gasteiger charge is -2.11. The summed E-state index contributed by atoms with van der Waals surface area (Å²) in [6.45, 7) is 0. The lowest BCUT2D eigenvalue weighted by molar-refractivity contribution is 0.186. The van der Waals surface area contributed by atoms with Crippen molar-refractivity contribution in [2.45, 2.75) is 6.42 Å². The lowest BCUT2D eigenvalue weighted by atomic mass is 10.0. The molecule has 128 valence electrons. The molecule has 0 radical (unpaired) electrons. The summed E-state index contributed by atoms with van der Waals surface area (Å²) in [6.07, 6.45) is 2.23. The molecule has 0 bridgehead atoms. The Labute approximate surface area is 149 Å². The standard InChI is InChI=1S/C21H16N2O3/c24-19-17-12-15(11-14-7-3-1-4-8-14)13-22-20(17)23(26)21(25)18(19)16-9-5-2-6-10-16/h1-10,12-13,24,26H,11H2. The van der Waals surface area contributed by atoms with Gasteiger partial charge in [0.1, 0.15) is 5.75 Å². The summed E-state index contributed by atoms with van der Waals surface area (Å²) >= 11 is 0. The first-order valence-electron chi connectivity index (χ1n) is 8.20. The van der Waals surface area contributed by atoms with Gasteiger partial charge in [0, 0.05) is 6.20 Å². The summed E-state index contributed by atoms with van der Waals surface area (Å²) in [5.41, 5.74) is 1.89. The van der Waals surface area contributed by atoms with E-state index in [2.05, 4.69) is 4.98 Å². The summed E-state index contributed by atoms with van der Waals surface area (Å²) in [7, 11) is 0. The molecule has 0 amide bonds. The minimum absolute atomic E-state index is 0.0315. The highest BCUT2D eigenvalue weighted by atomic mass is 16.5. The summed E-state index contributed by atoms with van der Waals surface area (Å²) < 4.78 is 0.490. The van der Waals surface area contributed by atoms with Gasteiger partial charge in [0.15, 0.2) is 5.65 Å². The zero-order chi connectivity index (χ0) is 18.1. The maximum absolute atomic E-state index is 12.5. The van der Waals surface area contributed by atoms with Crippen molar-refractivity contribution in [1.82, 2.24) is 9.71 Å². The van der Waals surface area contributed by atoms with Crippen LogP contribution in [0.3, 0.4) is 0 Å². The van der Waals surface area contributed by atoms with Crippen LogP contribution in [0.2, 0.25) is 0 Å². The van der Waals surface area contributed by atoms with E-state index in [1.54, 1.807) is 36.5 Å². The van der Waals surface area contributed by atoms with Gasteiger partial charge in [-0.1, -0.05) is 60.7 Å². The normalized spacial score (nSPS) is 10.9. The number of rotatable bonds is 3. The molecule has 0 fully saturated rings. The monoisotopic (exact) mass is 344 g/mol. The van der Waals surface area contributed by atoms with Crippen molar-refractivity contribution >= 4 is 11.0 Å². The van der Waals surface area contributed by atoms with Crippen molar-refractivity contribution in [1.29, 1.82) is 0 Å². The van der Waals surface area contributed by atoms with Crippen molar-refractivity contribution in [2.75, 3.05) is 0 Å². The fourth-order valence-corrected chi connectivity index (χ4v) is 3.08. The van der Waals surface area contributed by atoms with Crippen LogP contribution < -0.4 is 5.56 Å². The second-order valence-corrected chi connectivity index (χ2v) is 6.08. The number of benzene rings is 2. The lowest BCUT2D eigenvalue weighted by Crippen LogP contribution is -2.21. The van der Waals surface area contributed by atoms with Crippen molar-refractivity contribution in [3.63, 3.8) is 0 Å². The Balaban J connectivity index is 1.91. The summed E-state index contributed by atoms with van der Waals surface area (Å²) in [5.74, 6) is -0.177. The molecule has 0 aliphatic rings. The van der Waals surface area contributed by atoms with Crippen LogP contribution >= 0.6 is 0 Å². The smallest absolute Gasteiger partial charge is 0.296 e.